The summed E-state index contributed by atoms with van der Waals surface area (Å²) in [6.45, 7) is 1.24. The third-order valence-electron chi connectivity index (χ3n) is 5.06. The van der Waals surface area contributed by atoms with E-state index in [2.05, 4.69) is 15.0 Å². The van der Waals surface area contributed by atoms with Gasteiger partial charge in [-0.2, -0.15) is 5.10 Å². The maximum Gasteiger partial charge on any atom is 0.244 e. The molecule has 1 amide bonds. The van der Waals surface area contributed by atoms with E-state index in [0.29, 0.717) is 13.1 Å². The van der Waals surface area contributed by atoms with Crippen LogP contribution in [0.4, 0.5) is 0 Å². The van der Waals surface area contributed by atoms with E-state index in [-0.39, 0.29) is 5.91 Å². The molecule has 0 saturated carbocycles. The smallest absolute Gasteiger partial charge is 0.244 e. The lowest BCUT2D eigenvalue weighted by molar-refractivity contribution is -0.116. The third kappa shape index (κ3) is 4.19. The maximum absolute atomic E-state index is 12.1. The normalized spacial score (nSPS) is 13.4. The Balaban J connectivity index is 1.42. The van der Waals surface area contributed by atoms with Crippen LogP contribution in [0.5, 0.6) is 0 Å². The number of hydrogen-bond donors (Lipinski definition) is 1. The lowest BCUT2D eigenvalue weighted by Crippen LogP contribution is -2.26. The van der Waals surface area contributed by atoms with E-state index in [1.54, 1.807) is 6.08 Å². The van der Waals surface area contributed by atoms with Gasteiger partial charge in [-0.25, -0.2) is 0 Å². The Kier molecular flexibility index (Phi) is 5.61. The summed E-state index contributed by atoms with van der Waals surface area (Å²) >= 11 is 0. The fourth-order valence-electron chi connectivity index (χ4n) is 3.68. The van der Waals surface area contributed by atoms with Crippen LogP contribution < -0.4 is 5.32 Å². The van der Waals surface area contributed by atoms with Crippen LogP contribution in [-0.4, -0.2) is 27.2 Å². The highest BCUT2D eigenvalue weighted by Crippen LogP contribution is 2.30. The fourth-order valence-corrected chi connectivity index (χ4v) is 3.68. The number of carbonyl (C=O) groups is 1. The predicted molar refractivity (Wildman–Crippen MR) is 111 cm³/mol. The maximum atomic E-state index is 12.1. The minimum Gasteiger partial charge on any atom is -0.351 e. The van der Waals surface area contributed by atoms with Crippen molar-refractivity contribution in [1.82, 2.24) is 20.1 Å². The molecule has 2 heterocycles. The van der Waals surface area contributed by atoms with Crippen LogP contribution in [-0.2, 0) is 24.2 Å². The van der Waals surface area contributed by atoms with E-state index in [9.17, 15) is 4.79 Å². The molecule has 28 heavy (non-hydrogen) atoms. The van der Waals surface area contributed by atoms with Crippen LogP contribution in [0.25, 0.3) is 17.3 Å². The van der Waals surface area contributed by atoms with Gasteiger partial charge in [-0.3, -0.25) is 14.5 Å². The van der Waals surface area contributed by atoms with Gasteiger partial charge in [-0.05, 0) is 49.5 Å². The van der Waals surface area contributed by atoms with Gasteiger partial charge in [0.1, 0.15) is 0 Å². The van der Waals surface area contributed by atoms with Gasteiger partial charge in [0.2, 0.25) is 5.91 Å². The highest BCUT2D eigenvalue weighted by atomic mass is 16.1. The molecular formula is C23H24N4O. The Morgan fingerprint density at radius 3 is 2.68 bits per heavy atom. The number of nitrogens with one attached hydrogen (secondary N) is 1. The molecule has 1 aliphatic carbocycles. The van der Waals surface area contributed by atoms with Gasteiger partial charge >= 0.3 is 0 Å². The van der Waals surface area contributed by atoms with Gasteiger partial charge in [0.15, 0.2) is 0 Å². The van der Waals surface area contributed by atoms with Gasteiger partial charge in [-0.1, -0.05) is 30.3 Å². The van der Waals surface area contributed by atoms with Crippen LogP contribution in [0.1, 0.15) is 29.7 Å². The minimum atomic E-state index is -0.0840. The summed E-state index contributed by atoms with van der Waals surface area (Å²) in [5.41, 5.74) is 5.86. The molecule has 3 aromatic rings. The summed E-state index contributed by atoms with van der Waals surface area (Å²) < 4.78 is 2.07. The first-order chi connectivity index (χ1) is 13.8. The highest BCUT2D eigenvalue weighted by Gasteiger charge is 2.21. The van der Waals surface area contributed by atoms with E-state index in [4.69, 9.17) is 5.10 Å². The first-order valence-electron chi connectivity index (χ1n) is 9.81. The molecule has 0 aliphatic heterocycles. The summed E-state index contributed by atoms with van der Waals surface area (Å²) in [5.74, 6) is -0.0840. The van der Waals surface area contributed by atoms with Crippen LogP contribution in [0.15, 0.2) is 60.9 Å². The average molecular weight is 372 g/mol. The Labute approximate surface area is 165 Å². The lowest BCUT2D eigenvalue weighted by Gasteiger charge is -2.14. The number of carbonyl (C=O) groups excluding carboxylic acids is 1. The van der Waals surface area contributed by atoms with E-state index >= 15 is 0 Å². The summed E-state index contributed by atoms with van der Waals surface area (Å²) in [4.78, 5) is 16.2. The number of rotatable bonds is 6. The molecule has 1 aliphatic rings. The number of pyridine rings is 1. The zero-order valence-corrected chi connectivity index (χ0v) is 15.8. The monoisotopic (exact) mass is 372 g/mol. The van der Waals surface area contributed by atoms with Crippen molar-refractivity contribution >= 4 is 12.0 Å². The molecule has 0 radical (unpaired) electrons. The lowest BCUT2D eigenvalue weighted by atomic mass is 9.94. The molecule has 5 heteroatoms. The van der Waals surface area contributed by atoms with Gasteiger partial charge in [0, 0.05) is 41.8 Å². The quantitative estimate of drug-likeness (QED) is 0.672. The second-order valence-electron chi connectivity index (χ2n) is 6.98. The number of fused-ring (bicyclic) bond motifs is 1. The third-order valence-corrected chi connectivity index (χ3v) is 5.06. The summed E-state index contributed by atoms with van der Waals surface area (Å²) in [7, 11) is 0. The standard InChI is InChI=1S/C23H24N4O/c28-22(11-10-18-6-2-1-3-7-18)25-16-17-27-21-9-5-4-8-20(21)23(26-27)19-12-14-24-15-13-19/h1-3,6-7,10-15H,4-5,8-9,16-17H2,(H,25,28). The topological polar surface area (TPSA) is 59.8 Å². The van der Waals surface area contributed by atoms with Crippen LogP contribution in [0.3, 0.4) is 0 Å². The zero-order valence-electron chi connectivity index (χ0n) is 15.8. The van der Waals surface area contributed by atoms with Crippen molar-refractivity contribution in [3.8, 4) is 11.3 Å². The van der Waals surface area contributed by atoms with Crippen LogP contribution in [0.2, 0.25) is 0 Å². The molecule has 0 atom stereocenters. The van der Waals surface area contributed by atoms with Crippen molar-refractivity contribution in [3.63, 3.8) is 0 Å². The number of benzene rings is 1. The van der Waals surface area contributed by atoms with Crippen LogP contribution >= 0.6 is 0 Å². The van der Waals surface area contributed by atoms with Crippen molar-refractivity contribution in [2.24, 2.45) is 0 Å². The number of aromatic nitrogens is 3. The Hall–Kier alpha value is -3.21. The Bertz CT molecular complexity index is 961. The molecule has 0 fully saturated rings. The SMILES string of the molecule is O=C(C=Cc1ccccc1)NCCn1nc(-c2ccncc2)c2c1CCCC2. The molecule has 0 saturated heterocycles. The molecule has 0 bridgehead atoms. The average Bonchev–Trinajstić information content (AvgIpc) is 3.12. The van der Waals surface area contributed by atoms with Crippen molar-refractivity contribution in [2.45, 2.75) is 32.2 Å². The molecule has 1 N–H and O–H groups in total. The molecule has 4 rings (SSSR count). The van der Waals surface area contributed by atoms with E-state index in [0.717, 1.165) is 29.7 Å². The van der Waals surface area contributed by atoms with Gasteiger partial charge < -0.3 is 5.32 Å². The predicted octanol–water partition coefficient (Wildman–Crippen LogP) is 3.65. The fraction of sp³-hybridized carbons (Fsp3) is 0.261. The minimum absolute atomic E-state index is 0.0840. The molecular weight excluding hydrogens is 348 g/mol. The van der Waals surface area contributed by atoms with E-state index in [1.165, 1.54) is 24.1 Å². The highest BCUT2D eigenvalue weighted by molar-refractivity contribution is 5.91. The summed E-state index contributed by atoms with van der Waals surface area (Å²) in [6, 6.07) is 13.8. The Morgan fingerprint density at radius 1 is 1.07 bits per heavy atom. The summed E-state index contributed by atoms with van der Waals surface area (Å²) in [6.07, 6.45) is 11.5. The van der Waals surface area contributed by atoms with Crippen molar-refractivity contribution in [2.75, 3.05) is 6.54 Å². The van der Waals surface area contributed by atoms with Crippen LogP contribution in [0, 0.1) is 0 Å². The van der Waals surface area contributed by atoms with Crippen molar-refractivity contribution in [1.29, 1.82) is 0 Å². The second kappa shape index (κ2) is 8.65. The first kappa shape index (κ1) is 18.2. The molecule has 142 valence electrons. The van der Waals surface area contributed by atoms with E-state index < -0.39 is 0 Å². The number of hydrogen-bond acceptors (Lipinski definition) is 3. The van der Waals surface area contributed by atoms with E-state index in [1.807, 2.05) is 60.9 Å². The molecule has 2 aromatic heterocycles. The van der Waals surface area contributed by atoms with Gasteiger partial charge in [0.05, 0.1) is 12.2 Å². The van der Waals surface area contributed by atoms with Crippen molar-refractivity contribution in [3.05, 3.63) is 77.8 Å². The Morgan fingerprint density at radius 2 is 1.86 bits per heavy atom. The first-order valence-corrected chi connectivity index (χ1v) is 9.81. The molecule has 0 unspecified atom stereocenters. The molecule has 0 spiro atoms. The number of nitrogens with zero attached hydrogens (tertiary/aromatic N) is 3. The molecule has 5 nitrogen and oxygen atoms in total. The number of amides is 1. The zero-order chi connectivity index (χ0) is 19.2. The van der Waals surface area contributed by atoms with Crippen molar-refractivity contribution < 1.29 is 4.79 Å². The summed E-state index contributed by atoms with van der Waals surface area (Å²) in [5, 5.41) is 7.83. The molecule has 1 aromatic carbocycles. The van der Waals surface area contributed by atoms with Gasteiger partial charge in [0.25, 0.3) is 0 Å². The van der Waals surface area contributed by atoms with Gasteiger partial charge in [-0.15, -0.1) is 0 Å². The second-order valence-corrected chi connectivity index (χ2v) is 6.98. The largest absolute Gasteiger partial charge is 0.351 e.